The van der Waals surface area contributed by atoms with Crippen LogP contribution < -0.4 is 0 Å². The first kappa shape index (κ1) is 19.8. The minimum Gasteiger partial charge on any atom is -0.390 e. The Kier molecular flexibility index (Phi) is 3.89. The van der Waals surface area contributed by atoms with Crippen molar-refractivity contribution in [2.24, 2.45) is 40.4 Å². The van der Waals surface area contributed by atoms with Crippen LogP contribution in [0.3, 0.4) is 0 Å². The summed E-state index contributed by atoms with van der Waals surface area (Å²) in [4.78, 5) is 0. The molecule has 1 aromatic heterocycles. The van der Waals surface area contributed by atoms with Gasteiger partial charge in [0.15, 0.2) is 5.79 Å². The van der Waals surface area contributed by atoms with Crippen molar-refractivity contribution in [3.05, 3.63) is 17.5 Å². The van der Waals surface area contributed by atoms with E-state index in [4.69, 9.17) is 9.47 Å². The van der Waals surface area contributed by atoms with Crippen molar-refractivity contribution >= 4 is 0 Å². The lowest BCUT2D eigenvalue weighted by Gasteiger charge is -2.66. The predicted octanol–water partition coefficient (Wildman–Crippen LogP) is 4.11. The maximum absolute atomic E-state index is 11.4. The van der Waals surface area contributed by atoms with Crippen LogP contribution >= 0.6 is 0 Å². The van der Waals surface area contributed by atoms with Gasteiger partial charge in [-0.1, -0.05) is 13.8 Å². The number of fused-ring (bicyclic) bond motifs is 9. The van der Waals surface area contributed by atoms with Gasteiger partial charge in [0, 0.05) is 11.6 Å². The average Bonchev–Trinajstić information content (AvgIpc) is 3.20. The van der Waals surface area contributed by atoms with Crippen LogP contribution in [0.25, 0.3) is 0 Å². The molecule has 5 aliphatic rings. The normalized spacial score (nSPS) is 53.8. The van der Waals surface area contributed by atoms with Crippen molar-refractivity contribution in [3.8, 4) is 0 Å². The summed E-state index contributed by atoms with van der Waals surface area (Å²) in [6.07, 6.45) is 8.81. The van der Waals surface area contributed by atoms with Gasteiger partial charge in [-0.25, -0.2) is 0 Å². The number of hydrogen-bond acceptors (Lipinski definition) is 4. The van der Waals surface area contributed by atoms with Crippen molar-refractivity contribution in [3.63, 3.8) is 0 Å². The fourth-order valence-electron chi connectivity index (χ4n) is 8.93. The number of H-pyrrole nitrogens is 1. The summed E-state index contributed by atoms with van der Waals surface area (Å²) in [5, 5.41) is 19.0. The summed E-state index contributed by atoms with van der Waals surface area (Å²) in [5.74, 6) is 2.10. The molecule has 3 saturated carbocycles. The second-order valence-corrected chi connectivity index (χ2v) is 12.4. The number of nitrogens with zero attached hydrogens (tertiary/aromatic N) is 1. The maximum atomic E-state index is 11.4. The largest absolute Gasteiger partial charge is 0.390 e. The lowest BCUT2D eigenvalue weighted by molar-refractivity contribution is -0.345. The van der Waals surface area contributed by atoms with Gasteiger partial charge < -0.3 is 14.6 Å². The van der Waals surface area contributed by atoms with Crippen LogP contribution in [0.5, 0.6) is 0 Å². The summed E-state index contributed by atoms with van der Waals surface area (Å²) < 4.78 is 13.1. The predicted molar refractivity (Wildman–Crippen MR) is 114 cm³/mol. The molecule has 2 heterocycles. The Balaban J connectivity index is 1.47. The molecule has 0 radical (unpaired) electrons. The number of hydrogen-bond donors (Lipinski definition) is 2. The van der Waals surface area contributed by atoms with Gasteiger partial charge in [-0.3, -0.25) is 5.10 Å². The van der Waals surface area contributed by atoms with E-state index in [9.17, 15) is 5.11 Å². The van der Waals surface area contributed by atoms with Crippen LogP contribution in [0, 0.1) is 40.4 Å². The molecule has 5 heteroatoms. The van der Waals surface area contributed by atoms with Crippen molar-refractivity contribution < 1.29 is 14.6 Å². The van der Waals surface area contributed by atoms with Crippen LogP contribution in [-0.4, -0.2) is 39.4 Å². The maximum Gasteiger partial charge on any atom is 0.163 e. The Morgan fingerprint density at radius 1 is 1.07 bits per heavy atom. The number of rotatable bonds is 0. The van der Waals surface area contributed by atoms with Crippen LogP contribution in [-0.2, 0) is 22.3 Å². The third kappa shape index (κ3) is 2.38. The third-order valence-electron chi connectivity index (χ3n) is 10.8. The van der Waals surface area contributed by atoms with E-state index in [-0.39, 0.29) is 16.9 Å². The van der Waals surface area contributed by atoms with Gasteiger partial charge in [0.1, 0.15) is 0 Å². The molecule has 1 aliphatic heterocycles. The first-order valence-electron chi connectivity index (χ1n) is 12.1. The number of aromatic nitrogens is 2. The molecule has 30 heavy (non-hydrogen) atoms. The zero-order valence-electron chi connectivity index (χ0n) is 19.2. The molecule has 166 valence electrons. The van der Waals surface area contributed by atoms with E-state index in [1.165, 1.54) is 17.7 Å². The smallest absolute Gasteiger partial charge is 0.163 e. The van der Waals surface area contributed by atoms with Gasteiger partial charge in [-0.15, -0.1) is 0 Å². The van der Waals surface area contributed by atoms with E-state index in [2.05, 4.69) is 51.0 Å². The van der Waals surface area contributed by atoms with E-state index in [0.29, 0.717) is 29.6 Å². The number of ether oxygens (including phenoxy) is 2. The molecule has 6 rings (SSSR count). The number of nitrogens with one attached hydrogen (secondary N) is 1. The molecule has 0 spiro atoms. The average molecular weight is 415 g/mol. The van der Waals surface area contributed by atoms with Gasteiger partial charge in [-0.05, 0) is 99.4 Å². The summed E-state index contributed by atoms with van der Waals surface area (Å²) in [6.45, 7) is 11.9. The highest BCUT2D eigenvalue weighted by molar-refractivity contribution is 5.28. The first-order chi connectivity index (χ1) is 14.1. The van der Waals surface area contributed by atoms with Crippen molar-refractivity contribution in [2.45, 2.75) is 90.6 Å². The highest BCUT2D eigenvalue weighted by atomic mass is 16.7. The lowest BCUT2D eigenvalue weighted by Crippen LogP contribution is -2.67. The SMILES string of the molecule is CC1(C)OC[C@H]2[C@H](O1)[C@@H]1[C@H](CC[C@@]3(C)[C@H]1CC[C@]3(C)O)[C@@]1(C)Cc3cn[nH]c3C[C@H]21. The monoisotopic (exact) mass is 414 g/mol. The molecular formula is C25H38N2O3. The fourth-order valence-corrected chi connectivity index (χ4v) is 8.93. The van der Waals surface area contributed by atoms with Gasteiger partial charge in [0.05, 0.1) is 24.5 Å². The first-order valence-corrected chi connectivity index (χ1v) is 12.1. The molecular weight excluding hydrogens is 376 g/mol. The molecule has 1 aromatic rings. The Morgan fingerprint density at radius 3 is 2.63 bits per heavy atom. The van der Waals surface area contributed by atoms with Gasteiger partial charge in [0.2, 0.25) is 0 Å². The molecule has 4 aliphatic carbocycles. The Hall–Kier alpha value is -0.910. The third-order valence-corrected chi connectivity index (χ3v) is 10.8. The highest BCUT2D eigenvalue weighted by Crippen LogP contribution is 2.69. The second kappa shape index (κ2) is 5.90. The van der Waals surface area contributed by atoms with E-state index < -0.39 is 11.4 Å². The van der Waals surface area contributed by atoms with Crippen LogP contribution in [0.1, 0.15) is 71.6 Å². The highest BCUT2D eigenvalue weighted by Gasteiger charge is 2.68. The van der Waals surface area contributed by atoms with E-state index in [1.54, 1.807) is 0 Å². The van der Waals surface area contributed by atoms with Crippen LogP contribution in [0.4, 0.5) is 0 Å². The van der Waals surface area contributed by atoms with Gasteiger partial charge >= 0.3 is 0 Å². The summed E-state index contributed by atoms with van der Waals surface area (Å²) in [6, 6.07) is 0. The second-order valence-electron chi connectivity index (χ2n) is 12.4. The van der Waals surface area contributed by atoms with Crippen molar-refractivity contribution in [1.29, 1.82) is 0 Å². The van der Waals surface area contributed by atoms with E-state index in [1.807, 2.05) is 0 Å². The quantitative estimate of drug-likeness (QED) is 0.671. The fraction of sp³-hybridized carbons (Fsp3) is 0.880. The molecule has 5 nitrogen and oxygen atoms in total. The molecule has 0 bridgehead atoms. The van der Waals surface area contributed by atoms with Crippen LogP contribution in [0.2, 0.25) is 0 Å². The zero-order chi connectivity index (χ0) is 21.1. The molecule has 0 amide bonds. The summed E-state index contributed by atoms with van der Waals surface area (Å²) in [7, 11) is 0. The minimum absolute atomic E-state index is 0.0107. The Bertz CT molecular complexity index is 862. The van der Waals surface area contributed by atoms with Crippen LogP contribution in [0.15, 0.2) is 6.20 Å². The molecule has 9 atom stereocenters. The summed E-state index contributed by atoms with van der Waals surface area (Å²) in [5.41, 5.74) is 2.40. The molecule has 0 aromatic carbocycles. The standard InChI is InChI=1S/C25H38N2O3/c1-22(2)29-13-15-18-10-19-14(12-26-27-19)11-23(18,3)16-6-8-24(4)17(7-9-25(24,5)28)20(16)21(15)30-22/h12,15-18,20-21,28H,6-11,13H2,1-5H3,(H,26,27)/t15-,16+,17+,18-,20-,21+,23-,24+,25+/m1/s1. The Morgan fingerprint density at radius 2 is 1.83 bits per heavy atom. The molecule has 4 fully saturated rings. The van der Waals surface area contributed by atoms with Crippen molar-refractivity contribution in [1.82, 2.24) is 10.2 Å². The number of aliphatic hydroxyl groups is 1. The van der Waals surface area contributed by atoms with Gasteiger partial charge in [-0.2, -0.15) is 5.10 Å². The summed E-state index contributed by atoms with van der Waals surface area (Å²) >= 11 is 0. The van der Waals surface area contributed by atoms with Crippen molar-refractivity contribution in [2.75, 3.05) is 6.61 Å². The molecule has 2 N–H and O–H groups in total. The number of aromatic amines is 1. The molecule has 0 unspecified atom stereocenters. The zero-order valence-corrected chi connectivity index (χ0v) is 19.2. The minimum atomic E-state index is -0.569. The van der Waals surface area contributed by atoms with E-state index >= 15 is 0 Å². The Labute approximate surface area is 180 Å². The topological polar surface area (TPSA) is 67.4 Å². The molecule has 1 saturated heterocycles. The van der Waals surface area contributed by atoms with Gasteiger partial charge in [0.25, 0.3) is 0 Å². The van der Waals surface area contributed by atoms with E-state index in [0.717, 1.165) is 38.7 Å². The lowest BCUT2D eigenvalue weighted by atomic mass is 9.41.